The minimum absolute atomic E-state index is 0. The topological polar surface area (TPSA) is 65.5 Å². The molecule has 0 heterocycles. The Morgan fingerprint density at radius 3 is 2.30 bits per heavy atom. The first-order valence-corrected chi connectivity index (χ1v) is 8.83. The van der Waals surface area contributed by atoms with E-state index < -0.39 is 0 Å². The Labute approximate surface area is 159 Å². The van der Waals surface area contributed by atoms with E-state index in [-0.39, 0.29) is 35.8 Å². The summed E-state index contributed by atoms with van der Waals surface area (Å²) >= 11 is 0. The molecule has 0 aliphatic heterocycles. The number of amides is 1. The van der Waals surface area contributed by atoms with Crippen LogP contribution in [0.25, 0.3) is 0 Å². The number of nitrogens with zero attached hydrogens (tertiary/aromatic N) is 1. The number of carbonyl (C=O) groups excluding carboxylic acids is 1. The fourth-order valence-electron chi connectivity index (χ4n) is 2.05. The summed E-state index contributed by atoms with van der Waals surface area (Å²) in [4.78, 5) is 16.0. The van der Waals surface area contributed by atoms with Gasteiger partial charge in [-0.25, -0.2) is 0 Å². The molecule has 0 aliphatic carbocycles. The van der Waals surface area contributed by atoms with Crippen molar-refractivity contribution >= 4 is 35.8 Å². The van der Waals surface area contributed by atoms with E-state index in [4.69, 9.17) is 0 Å². The monoisotopic (exact) mass is 440 g/mol. The van der Waals surface area contributed by atoms with Crippen LogP contribution in [0, 0.1) is 5.92 Å². The maximum absolute atomic E-state index is 11.5. The van der Waals surface area contributed by atoms with Gasteiger partial charge in [0.25, 0.3) is 0 Å². The third kappa shape index (κ3) is 14.8. The summed E-state index contributed by atoms with van der Waals surface area (Å²) in [5, 5.41) is 9.56. The molecule has 0 spiro atoms. The van der Waals surface area contributed by atoms with Crippen LogP contribution in [-0.4, -0.2) is 37.5 Å². The second-order valence-electron chi connectivity index (χ2n) is 6.10. The van der Waals surface area contributed by atoms with Crippen LogP contribution in [0.2, 0.25) is 0 Å². The Balaban J connectivity index is 0. The largest absolute Gasteiger partial charge is 0.357 e. The smallest absolute Gasteiger partial charge is 0.222 e. The number of hydrogen-bond donors (Lipinski definition) is 3. The molecule has 0 saturated heterocycles. The number of unbranched alkanes of at least 4 members (excludes halogenated alkanes) is 3. The lowest BCUT2D eigenvalue weighted by molar-refractivity contribution is -0.123. The van der Waals surface area contributed by atoms with Crippen molar-refractivity contribution in [1.29, 1.82) is 0 Å². The Bertz CT molecular complexity index is 322. The molecule has 6 heteroatoms. The van der Waals surface area contributed by atoms with Crippen molar-refractivity contribution in [1.82, 2.24) is 16.0 Å². The van der Waals surface area contributed by atoms with Crippen LogP contribution in [0.15, 0.2) is 4.99 Å². The van der Waals surface area contributed by atoms with Gasteiger partial charge in [0.1, 0.15) is 0 Å². The van der Waals surface area contributed by atoms with Gasteiger partial charge in [-0.05, 0) is 20.3 Å². The van der Waals surface area contributed by atoms with Crippen LogP contribution in [0.5, 0.6) is 0 Å². The normalized spacial score (nSPS) is 12.5. The van der Waals surface area contributed by atoms with Crippen LogP contribution in [0.3, 0.4) is 0 Å². The molecule has 0 saturated carbocycles. The summed E-state index contributed by atoms with van der Waals surface area (Å²) in [5.74, 6) is 0.945. The third-order valence-corrected chi connectivity index (χ3v) is 3.42. The molecule has 138 valence electrons. The van der Waals surface area contributed by atoms with Gasteiger partial charge < -0.3 is 16.0 Å². The molecule has 0 bridgehead atoms. The first-order valence-electron chi connectivity index (χ1n) is 8.83. The van der Waals surface area contributed by atoms with Gasteiger partial charge in [0.15, 0.2) is 5.96 Å². The molecular formula is C17H37IN4O. The van der Waals surface area contributed by atoms with E-state index in [0.29, 0.717) is 19.1 Å². The lowest BCUT2D eigenvalue weighted by atomic mass is 10.1. The fraction of sp³-hybridized carbons (Fsp3) is 0.882. The van der Waals surface area contributed by atoms with E-state index in [1.165, 1.54) is 25.7 Å². The number of guanidine groups is 1. The zero-order valence-corrected chi connectivity index (χ0v) is 17.9. The highest BCUT2D eigenvalue weighted by Crippen LogP contribution is 2.05. The van der Waals surface area contributed by atoms with Crippen LogP contribution >= 0.6 is 24.0 Å². The van der Waals surface area contributed by atoms with E-state index in [0.717, 1.165) is 18.9 Å². The predicted octanol–water partition coefficient (Wildman–Crippen LogP) is 3.29. The maximum atomic E-state index is 11.5. The van der Waals surface area contributed by atoms with Crippen LogP contribution < -0.4 is 16.0 Å². The minimum Gasteiger partial charge on any atom is -0.357 e. The maximum Gasteiger partial charge on any atom is 0.222 e. The molecule has 23 heavy (non-hydrogen) atoms. The number of halogens is 1. The van der Waals surface area contributed by atoms with Crippen molar-refractivity contribution in [2.24, 2.45) is 10.9 Å². The molecule has 0 radical (unpaired) electrons. The van der Waals surface area contributed by atoms with E-state index in [1.807, 2.05) is 13.8 Å². The molecule has 0 aromatic rings. The van der Waals surface area contributed by atoms with Crippen molar-refractivity contribution < 1.29 is 4.79 Å². The summed E-state index contributed by atoms with van der Waals surface area (Å²) in [6.07, 6.45) is 6.31. The van der Waals surface area contributed by atoms with E-state index in [2.05, 4.69) is 41.7 Å². The van der Waals surface area contributed by atoms with Gasteiger partial charge in [0, 0.05) is 25.0 Å². The molecule has 0 aromatic carbocycles. The average molecular weight is 440 g/mol. The first kappa shape index (κ1) is 24.7. The van der Waals surface area contributed by atoms with Gasteiger partial charge in [-0.1, -0.05) is 46.5 Å². The first-order chi connectivity index (χ1) is 10.5. The summed E-state index contributed by atoms with van der Waals surface area (Å²) in [5.41, 5.74) is 0. The van der Waals surface area contributed by atoms with Crippen LogP contribution in [0.4, 0.5) is 0 Å². The predicted molar refractivity (Wildman–Crippen MR) is 111 cm³/mol. The molecule has 1 atom stereocenters. The van der Waals surface area contributed by atoms with Crippen molar-refractivity contribution in [3.05, 3.63) is 0 Å². The van der Waals surface area contributed by atoms with Crippen molar-refractivity contribution in [2.75, 3.05) is 19.6 Å². The zero-order chi connectivity index (χ0) is 16.8. The fourth-order valence-corrected chi connectivity index (χ4v) is 2.05. The Morgan fingerprint density at radius 2 is 1.74 bits per heavy atom. The molecular weight excluding hydrogens is 403 g/mol. The van der Waals surface area contributed by atoms with Gasteiger partial charge >= 0.3 is 0 Å². The van der Waals surface area contributed by atoms with Crippen molar-refractivity contribution in [3.8, 4) is 0 Å². The molecule has 0 fully saturated rings. The lowest BCUT2D eigenvalue weighted by Gasteiger charge is -2.18. The molecule has 1 amide bonds. The number of hydrogen-bond acceptors (Lipinski definition) is 2. The Morgan fingerprint density at radius 1 is 1.04 bits per heavy atom. The highest BCUT2D eigenvalue weighted by molar-refractivity contribution is 14.0. The summed E-state index contributed by atoms with van der Waals surface area (Å²) in [7, 11) is 0. The van der Waals surface area contributed by atoms with Crippen LogP contribution in [0.1, 0.15) is 66.7 Å². The van der Waals surface area contributed by atoms with Gasteiger partial charge in [-0.3, -0.25) is 9.79 Å². The SMILES string of the molecule is CCCCCCC(C)NC(=NCCNC(=O)C(C)C)NCC.I. The molecule has 0 aliphatic rings. The minimum atomic E-state index is 0. The third-order valence-electron chi connectivity index (χ3n) is 3.42. The van der Waals surface area contributed by atoms with Gasteiger partial charge in [0.05, 0.1) is 6.54 Å². The highest BCUT2D eigenvalue weighted by Gasteiger charge is 2.06. The zero-order valence-electron chi connectivity index (χ0n) is 15.6. The Hall–Kier alpha value is -0.530. The molecule has 0 aromatic heterocycles. The quantitative estimate of drug-likeness (QED) is 0.200. The number of nitrogens with one attached hydrogen (secondary N) is 3. The number of aliphatic imine (C=N–C) groups is 1. The highest BCUT2D eigenvalue weighted by atomic mass is 127. The number of rotatable bonds is 11. The summed E-state index contributed by atoms with van der Waals surface area (Å²) in [6, 6.07) is 0.417. The van der Waals surface area contributed by atoms with Crippen LogP contribution in [-0.2, 0) is 4.79 Å². The second-order valence-corrected chi connectivity index (χ2v) is 6.10. The van der Waals surface area contributed by atoms with Crippen molar-refractivity contribution in [3.63, 3.8) is 0 Å². The standard InChI is InChI=1S/C17H36N4O.HI/c1-6-8-9-10-11-15(5)21-17(18-7-2)20-13-12-19-16(22)14(3)4;/h14-15H,6-13H2,1-5H3,(H,19,22)(H2,18,20,21);1H. The lowest BCUT2D eigenvalue weighted by Crippen LogP contribution is -2.42. The molecule has 1 unspecified atom stereocenters. The molecule has 0 rings (SSSR count). The van der Waals surface area contributed by atoms with Crippen molar-refractivity contribution in [2.45, 2.75) is 72.8 Å². The number of carbonyl (C=O) groups is 1. The van der Waals surface area contributed by atoms with E-state index >= 15 is 0 Å². The van der Waals surface area contributed by atoms with Gasteiger partial charge in [-0.2, -0.15) is 0 Å². The summed E-state index contributed by atoms with van der Waals surface area (Å²) in [6.45, 7) is 12.3. The Kier molecular flexibility index (Phi) is 17.6. The van der Waals surface area contributed by atoms with E-state index in [1.54, 1.807) is 0 Å². The van der Waals surface area contributed by atoms with E-state index in [9.17, 15) is 4.79 Å². The van der Waals surface area contributed by atoms with Gasteiger partial charge in [0.2, 0.25) is 5.91 Å². The second kappa shape index (κ2) is 16.3. The molecule has 5 nitrogen and oxygen atoms in total. The summed E-state index contributed by atoms with van der Waals surface area (Å²) < 4.78 is 0. The molecule has 3 N–H and O–H groups in total. The average Bonchev–Trinajstić information content (AvgIpc) is 2.47. The van der Waals surface area contributed by atoms with Gasteiger partial charge in [-0.15, -0.1) is 24.0 Å².